The number of benzene rings is 1. The molecule has 0 aliphatic rings. The zero-order valence-corrected chi connectivity index (χ0v) is 13.3. The molecule has 4 nitrogen and oxygen atoms in total. The number of carbonyl (C=O) groups is 1. The van der Waals surface area contributed by atoms with E-state index >= 15 is 0 Å². The van der Waals surface area contributed by atoms with E-state index in [2.05, 4.69) is 9.97 Å². The molecule has 0 saturated heterocycles. The minimum atomic E-state index is -0.242. The third-order valence-corrected chi connectivity index (χ3v) is 3.48. The van der Waals surface area contributed by atoms with Gasteiger partial charge >= 0.3 is 0 Å². The lowest BCUT2D eigenvalue weighted by molar-refractivity contribution is 0.0988. The van der Waals surface area contributed by atoms with Crippen LogP contribution in [0.15, 0.2) is 30.5 Å². The Bertz CT molecular complexity index is 653. The summed E-state index contributed by atoms with van der Waals surface area (Å²) >= 11 is 6.08. The summed E-state index contributed by atoms with van der Waals surface area (Å²) in [5.41, 5.74) is 2.17. The van der Waals surface area contributed by atoms with Crippen LogP contribution < -0.4 is 4.90 Å². The van der Waals surface area contributed by atoms with Gasteiger partial charge in [0, 0.05) is 18.7 Å². The fraction of sp³-hybridized carbons (Fsp3) is 0.312. The van der Waals surface area contributed by atoms with Crippen molar-refractivity contribution >= 4 is 23.2 Å². The van der Waals surface area contributed by atoms with Crippen LogP contribution in [0.4, 0.5) is 5.69 Å². The average Bonchev–Trinajstić information content (AvgIpc) is 2.47. The molecule has 110 valence electrons. The van der Waals surface area contributed by atoms with Gasteiger partial charge in [-0.15, -0.1) is 0 Å². The van der Waals surface area contributed by atoms with E-state index in [4.69, 9.17) is 11.6 Å². The van der Waals surface area contributed by atoms with Crippen LogP contribution in [0.2, 0.25) is 5.02 Å². The molecule has 0 bridgehead atoms. The van der Waals surface area contributed by atoms with Crippen molar-refractivity contribution in [2.45, 2.75) is 26.7 Å². The summed E-state index contributed by atoms with van der Waals surface area (Å²) in [6.07, 6.45) is 1.49. The Kier molecular flexibility index (Phi) is 4.58. The maximum absolute atomic E-state index is 12.6. The van der Waals surface area contributed by atoms with Crippen LogP contribution >= 0.6 is 11.6 Å². The fourth-order valence-corrected chi connectivity index (χ4v) is 2.03. The van der Waals surface area contributed by atoms with E-state index in [1.54, 1.807) is 7.05 Å². The number of aromatic nitrogens is 2. The van der Waals surface area contributed by atoms with Gasteiger partial charge in [-0.25, -0.2) is 9.97 Å². The SMILES string of the molecule is Cc1ccc(N(C)C(=O)c2nc(C(C)C)ncc2Cl)cc1. The van der Waals surface area contributed by atoms with Crippen molar-refractivity contribution < 1.29 is 4.79 Å². The summed E-state index contributed by atoms with van der Waals surface area (Å²) < 4.78 is 0. The smallest absolute Gasteiger partial charge is 0.278 e. The first-order valence-corrected chi connectivity index (χ1v) is 7.15. The lowest BCUT2D eigenvalue weighted by atomic mass is 10.2. The monoisotopic (exact) mass is 303 g/mol. The highest BCUT2D eigenvalue weighted by Gasteiger charge is 2.20. The zero-order chi connectivity index (χ0) is 15.6. The second-order valence-electron chi connectivity index (χ2n) is 5.28. The van der Waals surface area contributed by atoms with E-state index < -0.39 is 0 Å². The first-order valence-electron chi connectivity index (χ1n) is 6.77. The molecule has 0 spiro atoms. The van der Waals surface area contributed by atoms with Gasteiger partial charge in [0.25, 0.3) is 5.91 Å². The second kappa shape index (κ2) is 6.22. The molecule has 1 aromatic heterocycles. The van der Waals surface area contributed by atoms with Crippen molar-refractivity contribution in [2.75, 3.05) is 11.9 Å². The fourth-order valence-electron chi connectivity index (χ4n) is 1.85. The van der Waals surface area contributed by atoms with Gasteiger partial charge in [0.1, 0.15) is 5.82 Å². The van der Waals surface area contributed by atoms with Crippen molar-refractivity contribution in [3.8, 4) is 0 Å². The summed E-state index contributed by atoms with van der Waals surface area (Å²) in [6.45, 7) is 5.95. The molecule has 1 amide bonds. The Morgan fingerprint density at radius 2 is 1.86 bits per heavy atom. The Hall–Kier alpha value is -1.94. The number of rotatable bonds is 3. The van der Waals surface area contributed by atoms with Crippen molar-refractivity contribution in [2.24, 2.45) is 0 Å². The Labute approximate surface area is 129 Å². The van der Waals surface area contributed by atoms with Crippen LogP contribution in [-0.2, 0) is 0 Å². The van der Waals surface area contributed by atoms with Crippen LogP contribution in [-0.4, -0.2) is 22.9 Å². The third kappa shape index (κ3) is 3.39. The lowest BCUT2D eigenvalue weighted by Crippen LogP contribution is -2.28. The van der Waals surface area contributed by atoms with Gasteiger partial charge in [-0.1, -0.05) is 43.1 Å². The molecule has 0 radical (unpaired) electrons. The van der Waals surface area contributed by atoms with Crippen LogP contribution in [0.3, 0.4) is 0 Å². The Morgan fingerprint density at radius 1 is 1.24 bits per heavy atom. The van der Waals surface area contributed by atoms with Crippen molar-refractivity contribution in [3.63, 3.8) is 0 Å². The van der Waals surface area contributed by atoms with Crippen LogP contribution in [0.5, 0.6) is 0 Å². The molecular weight excluding hydrogens is 286 g/mol. The number of anilines is 1. The van der Waals surface area contributed by atoms with Gasteiger partial charge in [-0.3, -0.25) is 4.79 Å². The first-order chi connectivity index (χ1) is 9.90. The van der Waals surface area contributed by atoms with Gasteiger partial charge in [0.15, 0.2) is 5.69 Å². The molecule has 0 saturated carbocycles. The van der Waals surface area contributed by atoms with Crippen LogP contribution in [0, 0.1) is 6.92 Å². The van der Waals surface area contributed by atoms with Crippen molar-refractivity contribution in [1.82, 2.24) is 9.97 Å². The van der Waals surface area contributed by atoms with Gasteiger partial charge in [-0.05, 0) is 19.1 Å². The van der Waals surface area contributed by atoms with E-state index in [1.807, 2.05) is 45.0 Å². The summed E-state index contributed by atoms with van der Waals surface area (Å²) in [5, 5.41) is 0.267. The number of halogens is 1. The Balaban J connectivity index is 2.35. The number of aryl methyl sites for hydroxylation is 1. The summed E-state index contributed by atoms with van der Waals surface area (Å²) in [7, 11) is 1.71. The summed E-state index contributed by atoms with van der Waals surface area (Å²) in [6, 6.07) is 7.71. The number of hydrogen-bond donors (Lipinski definition) is 0. The molecule has 0 fully saturated rings. The molecule has 2 rings (SSSR count). The molecule has 0 atom stereocenters. The van der Waals surface area contributed by atoms with Crippen molar-refractivity contribution in [3.05, 3.63) is 52.6 Å². The van der Waals surface area contributed by atoms with E-state index in [9.17, 15) is 4.79 Å². The van der Waals surface area contributed by atoms with E-state index in [0.29, 0.717) is 5.82 Å². The molecule has 0 N–H and O–H groups in total. The van der Waals surface area contributed by atoms with Crippen molar-refractivity contribution in [1.29, 1.82) is 0 Å². The molecule has 0 aliphatic heterocycles. The number of hydrogen-bond acceptors (Lipinski definition) is 3. The Morgan fingerprint density at radius 3 is 2.43 bits per heavy atom. The minimum Gasteiger partial charge on any atom is -0.310 e. The largest absolute Gasteiger partial charge is 0.310 e. The van der Waals surface area contributed by atoms with Crippen LogP contribution in [0.1, 0.15) is 41.6 Å². The maximum atomic E-state index is 12.6. The third-order valence-electron chi connectivity index (χ3n) is 3.21. The van der Waals surface area contributed by atoms with Gasteiger partial charge in [-0.2, -0.15) is 0 Å². The highest BCUT2D eigenvalue weighted by atomic mass is 35.5. The maximum Gasteiger partial charge on any atom is 0.278 e. The molecule has 0 unspecified atom stereocenters. The standard InChI is InChI=1S/C16H18ClN3O/c1-10(2)15-18-9-13(17)14(19-15)16(21)20(4)12-7-5-11(3)6-8-12/h5-10H,1-4H3. The highest BCUT2D eigenvalue weighted by Crippen LogP contribution is 2.21. The van der Waals surface area contributed by atoms with E-state index in [0.717, 1.165) is 11.3 Å². The molecule has 21 heavy (non-hydrogen) atoms. The molecule has 0 aliphatic carbocycles. The normalized spacial score (nSPS) is 10.8. The zero-order valence-electron chi connectivity index (χ0n) is 12.6. The first kappa shape index (κ1) is 15.4. The second-order valence-corrected chi connectivity index (χ2v) is 5.69. The molecular formula is C16H18ClN3O. The van der Waals surface area contributed by atoms with Gasteiger partial charge in [0.2, 0.25) is 0 Å². The molecule has 1 aromatic carbocycles. The topological polar surface area (TPSA) is 46.1 Å². The predicted molar refractivity (Wildman–Crippen MR) is 85.0 cm³/mol. The highest BCUT2D eigenvalue weighted by molar-refractivity contribution is 6.34. The quantitative estimate of drug-likeness (QED) is 0.865. The van der Waals surface area contributed by atoms with Crippen LogP contribution in [0.25, 0.3) is 0 Å². The predicted octanol–water partition coefficient (Wildman–Crippen LogP) is 3.84. The molecule has 5 heteroatoms. The number of amides is 1. The van der Waals surface area contributed by atoms with Gasteiger partial charge in [0.05, 0.1) is 11.2 Å². The molecule has 1 heterocycles. The number of nitrogens with zero attached hydrogens (tertiary/aromatic N) is 3. The average molecular weight is 304 g/mol. The minimum absolute atomic E-state index is 0.137. The summed E-state index contributed by atoms with van der Waals surface area (Å²) in [5.74, 6) is 0.506. The molecule has 2 aromatic rings. The van der Waals surface area contributed by atoms with E-state index in [1.165, 1.54) is 11.1 Å². The van der Waals surface area contributed by atoms with E-state index in [-0.39, 0.29) is 22.5 Å². The summed E-state index contributed by atoms with van der Waals surface area (Å²) in [4.78, 5) is 22.6. The number of carbonyl (C=O) groups excluding carboxylic acids is 1. The van der Waals surface area contributed by atoms with Gasteiger partial charge < -0.3 is 4.90 Å². The lowest BCUT2D eigenvalue weighted by Gasteiger charge is -2.18.